The molecule has 2 bridgehead atoms. The lowest BCUT2D eigenvalue weighted by Gasteiger charge is -2.52. The number of fused-ring (bicyclic) bond motifs is 5. The zero-order chi connectivity index (χ0) is 37.8. The predicted molar refractivity (Wildman–Crippen MR) is 221 cm³/mol. The number of piperazine rings is 1. The van der Waals surface area contributed by atoms with Crippen molar-refractivity contribution in [1.82, 2.24) is 14.5 Å². The highest BCUT2D eigenvalue weighted by Gasteiger charge is 2.46. The van der Waals surface area contributed by atoms with Crippen LogP contribution in [0.3, 0.4) is 0 Å². The van der Waals surface area contributed by atoms with Gasteiger partial charge in [0.2, 0.25) is 0 Å². The lowest BCUT2D eigenvalue weighted by atomic mass is 9.67. The van der Waals surface area contributed by atoms with Crippen LogP contribution in [-0.4, -0.2) is 97.3 Å². The molecule has 2 aliphatic carbocycles. The molecule has 2 aromatic carbocycles. The SMILES string of the molecule is CCCC1C(C)C/C=C/C(N2CCN3CCCCC3C2)C2CCC2CN2CC3(CCCc4cc(Cl)ccc43)COc3ccc(cc32)C(=O)NS1=O.COC. The molecule has 2 saturated heterocycles. The van der Waals surface area contributed by atoms with Crippen LogP contribution in [0, 0.1) is 17.8 Å². The van der Waals surface area contributed by atoms with Crippen molar-refractivity contribution in [3.63, 3.8) is 0 Å². The molecule has 4 heterocycles. The Labute approximate surface area is 331 Å². The molecule has 0 aromatic heterocycles. The fourth-order valence-electron chi connectivity index (χ4n) is 10.5. The first kappa shape index (κ1) is 39.8. The number of hydrogen-bond acceptors (Lipinski definition) is 7. The van der Waals surface area contributed by atoms with Crippen molar-refractivity contribution < 1.29 is 18.5 Å². The molecule has 8 unspecified atom stereocenters. The number of ether oxygens (including phenoxy) is 2. The maximum atomic E-state index is 13.9. The summed E-state index contributed by atoms with van der Waals surface area (Å²) in [5.74, 6) is 1.89. The van der Waals surface area contributed by atoms with Crippen molar-refractivity contribution in [2.24, 2.45) is 17.8 Å². The highest BCUT2D eigenvalue weighted by molar-refractivity contribution is 7.84. The fourth-order valence-corrected chi connectivity index (χ4v) is 12.1. The number of piperidine rings is 1. The topological polar surface area (TPSA) is 74.4 Å². The number of aryl methyl sites for hydroxylation is 1. The maximum Gasteiger partial charge on any atom is 0.263 e. The Hall–Kier alpha value is -2.43. The molecule has 1 N–H and O–H groups in total. The van der Waals surface area contributed by atoms with Gasteiger partial charge in [0.15, 0.2) is 0 Å². The highest BCUT2D eigenvalue weighted by Crippen LogP contribution is 2.47. The summed E-state index contributed by atoms with van der Waals surface area (Å²) in [6, 6.07) is 13.4. The van der Waals surface area contributed by atoms with E-state index in [-0.39, 0.29) is 22.5 Å². The largest absolute Gasteiger partial charge is 0.490 e. The number of hydrogen-bond donors (Lipinski definition) is 1. The van der Waals surface area contributed by atoms with Crippen LogP contribution < -0.4 is 14.4 Å². The Bertz CT molecular complexity index is 1670. The van der Waals surface area contributed by atoms with Gasteiger partial charge in [-0.3, -0.25) is 19.3 Å². The fraction of sp³-hybridized carbons (Fsp3) is 0.659. The second-order valence-corrected chi connectivity index (χ2v) is 18.9. The number of carbonyl (C=O) groups is 1. The molecule has 10 heteroatoms. The van der Waals surface area contributed by atoms with E-state index in [0.717, 1.165) is 81.2 Å². The van der Waals surface area contributed by atoms with E-state index in [4.69, 9.17) is 16.3 Å². The number of allylic oxidation sites excluding steroid dienone is 1. The van der Waals surface area contributed by atoms with Gasteiger partial charge in [0.05, 0.1) is 17.5 Å². The summed E-state index contributed by atoms with van der Waals surface area (Å²) in [6.07, 6.45) is 17.2. The first-order valence-electron chi connectivity index (χ1n) is 20.8. The van der Waals surface area contributed by atoms with Crippen LogP contribution in [0.2, 0.25) is 5.02 Å². The Morgan fingerprint density at radius 1 is 1.02 bits per heavy atom. The Kier molecular flexibility index (Phi) is 13.1. The smallest absolute Gasteiger partial charge is 0.263 e. The zero-order valence-corrected chi connectivity index (χ0v) is 34.6. The molecule has 1 amide bonds. The minimum Gasteiger partial charge on any atom is -0.490 e. The van der Waals surface area contributed by atoms with Gasteiger partial charge in [0.1, 0.15) is 16.7 Å². The maximum absolute atomic E-state index is 13.9. The molecule has 54 heavy (non-hydrogen) atoms. The molecule has 8 nitrogen and oxygen atoms in total. The molecule has 3 fully saturated rings. The summed E-state index contributed by atoms with van der Waals surface area (Å²) < 4.78 is 27.8. The van der Waals surface area contributed by atoms with Crippen LogP contribution in [0.25, 0.3) is 0 Å². The normalized spacial score (nSPS) is 33.7. The standard InChI is InChI=1S/C42H57ClN4O3S.C2H6O/c1-3-8-40-29(2)9-6-12-37(46-22-21-45-20-5-4-11-34(45)26-46)35-16-13-32(35)25-47-27-42(19-7-10-30-23-33(43)15-17-36(30)42)28-50-39-18-14-31(24-38(39)47)41(48)44-51(40)49;1-3-2/h6,12,14-15,17-18,23-24,29,32,34-35,37,40H,3-5,7-11,13,16,19-22,25-28H2,1-2H3,(H,44,48);1-2H3/b12-6+;. The van der Waals surface area contributed by atoms with Crippen LogP contribution in [0.4, 0.5) is 5.69 Å². The van der Waals surface area contributed by atoms with Gasteiger partial charge in [-0.2, -0.15) is 0 Å². The quantitative estimate of drug-likeness (QED) is 0.319. The van der Waals surface area contributed by atoms with Crippen molar-refractivity contribution in [1.29, 1.82) is 0 Å². The summed E-state index contributed by atoms with van der Waals surface area (Å²) in [7, 11) is 1.76. The van der Waals surface area contributed by atoms with Gasteiger partial charge in [-0.1, -0.05) is 56.5 Å². The molecule has 0 radical (unpaired) electrons. The van der Waals surface area contributed by atoms with E-state index >= 15 is 0 Å². The Morgan fingerprint density at radius 2 is 1.85 bits per heavy atom. The molecule has 6 aliphatic rings. The average Bonchev–Trinajstić information content (AvgIpc) is 3.31. The number of halogens is 1. The van der Waals surface area contributed by atoms with Crippen molar-refractivity contribution in [3.8, 4) is 5.75 Å². The van der Waals surface area contributed by atoms with Gasteiger partial charge >= 0.3 is 0 Å². The molecular formula is C44H63ClN4O4S. The van der Waals surface area contributed by atoms with Crippen molar-refractivity contribution in [2.45, 2.75) is 107 Å². The van der Waals surface area contributed by atoms with E-state index in [1.54, 1.807) is 14.2 Å². The van der Waals surface area contributed by atoms with Crippen molar-refractivity contribution in [3.05, 3.63) is 70.3 Å². The van der Waals surface area contributed by atoms with Crippen LogP contribution in [0.15, 0.2) is 48.6 Å². The molecule has 1 saturated carbocycles. The number of anilines is 1. The number of carbonyl (C=O) groups excluding carboxylic acids is 1. The van der Waals surface area contributed by atoms with Crippen LogP contribution in [0.5, 0.6) is 5.75 Å². The third-order valence-corrected chi connectivity index (χ3v) is 15.3. The van der Waals surface area contributed by atoms with Gasteiger partial charge in [-0.25, -0.2) is 4.21 Å². The van der Waals surface area contributed by atoms with Crippen molar-refractivity contribution in [2.75, 3.05) is 65.0 Å². The number of rotatable bonds is 3. The van der Waals surface area contributed by atoms with E-state index in [2.05, 4.69) is 62.3 Å². The van der Waals surface area contributed by atoms with Gasteiger partial charge < -0.3 is 14.4 Å². The number of methoxy groups -OCH3 is 1. The molecule has 2 aromatic rings. The third kappa shape index (κ3) is 8.46. The van der Waals surface area contributed by atoms with Crippen LogP contribution >= 0.6 is 11.6 Å². The molecule has 8 rings (SSSR count). The molecule has 1 spiro atoms. The average molecular weight is 780 g/mol. The first-order valence-corrected chi connectivity index (χ1v) is 22.4. The van der Waals surface area contributed by atoms with Crippen LogP contribution in [0.1, 0.15) is 99.5 Å². The second-order valence-electron chi connectivity index (χ2n) is 17.1. The van der Waals surface area contributed by atoms with E-state index in [9.17, 15) is 9.00 Å². The lowest BCUT2D eigenvalue weighted by molar-refractivity contribution is -0.00159. The highest BCUT2D eigenvalue weighted by atomic mass is 35.5. The van der Waals surface area contributed by atoms with Crippen molar-refractivity contribution >= 4 is 34.2 Å². The summed E-state index contributed by atoms with van der Waals surface area (Å²) >= 11 is 6.53. The van der Waals surface area contributed by atoms with E-state index in [1.165, 1.54) is 56.3 Å². The minimum atomic E-state index is -1.49. The Morgan fingerprint density at radius 3 is 2.65 bits per heavy atom. The summed E-state index contributed by atoms with van der Waals surface area (Å²) in [6.45, 7) is 11.5. The van der Waals surface area contributed by atoms with E-state index in [0.29, 0.717) is 36.1 Å². The molecule has 296 valence electrons. The predicted octanol–water partition coefficient (Wildman–Crippen LogP) is 7.80. The van der Waals surface area contributed by atoms with E-state index < -0.39 is 11.0 Å². The van der Waals surface area contributed by atoms with E-state index in [1.807, 2.05) is 24.3 Å². The van der Waals surface area contributed by atoms with Crippen LogP contribution in [-0.2, 0) is 27.6 Å². The monoisotopic (exact) mass is 778 g/mol. The number of benzene rings is 2. The number of amides is 1. The zero-order valence-electron chi connectivity index (χ0n) is 33.1. The summed E-state index contributed by atoms with van der Waals surface area (Å²) in [4.78, 5) is 21.9. The number of nitrogens with zero attached hydrogens (tertiary/aromatic N) is 3. The van der Waals surface area contributed by atoms with Gasteiger partial charge in [-0.15, -0.1) is 0 Å². The lowest BCUT2D eigenvalue weighted by Crippen LogP contribution is -2.60. The summed E-state index contributed by atoms with van der Waals surface area (Å²) in [5, 5.41) is 0.695. The minimum absolute atomic E-state index is 0.0995. The van der Waals surface area contributed by atoms with Gasteiger partial charge in [0, 0.05) is 75.0 Å². The second kappa shape index (κ2) is 17.8. The van der Waals surface area contributed by atoms with Gasteiger partial charge in [-0.05, 0) is 124 Å². The number of nitrogens with one attached hydrogen (secondary N) is 1. The first-order chi connectivity index (χ1) is 26.2. The summed E-state index contributed by atoms with van der Waals surface area (Å²) in [5.41, 5.74) is 4.07. The third-order valence-electron chi connectivity index (χ3n) is 13.5. The molecule has 4 aliphatic heterocycles. The molecule has 8 atom stereocenters. The Balaban J connectivity index is 0.00000145. The van der Waals surface area contributed by atoms with Gasteiger partial charge in [0.25, 0.3) is 5.91 Å². The molecular weight excluding hydrogens is 716 g/mol.